The van der Waals surface area contributed by atoms with Crippen molar-refractivity contribution in [1.82, 2.24) is 5.32 Å². The molecule has 0 radical (unpaired) electrons. The third-order valence-electron chi connectivity index (χ3n) is 3.28. The fraction of sp³-hybridized carbons (Fsp3) is 0.474. The van der Waals surface area contributed by atoms with E-state index in [1.54, 1.807) is 45.0 Å². The number of ketones is 1. The number of carbonyl (C=O) groups excluding carboxylic acids is 3. The van der Waals surface area contributed by atoms with Crippen LogP contribution >= 0.6 is 0 Å². The van der Waals surface area contributed by atoms with Crippen LogP contribution in [-0.4, -0.2) is 40.6 Å². The molecule has 0 saturated heterocycles. The third kappa shape index (κ3) is 9.98. The van der Waals surface area contributed by atoms with Crippen LogP contribution in [0.25, 0.3) is 0 Å². The van der Waals surface area contributed by atoms with Gasteiger partial charge in [-0.25, -0.2) is 9.59 Å². The summed E-state index contributed by atoms with van der Waals surface area (Å²) < 4.78 is 10.00. The second-order valence-corrected chi connectivity index (χ2v) is 6.94. The van der Waals surface area contributed by atoms with Gasteiger partial charge in [0.1, 0.15) is 30.5 Å². The molecule has 148 valence electrons. The van der Waals surface area contributed by atoms with E-state index < -0.39 is 41.9 Å². The number of esters is 1. The Hall–Kier alpha value is -2.90. The molecule has 0 spiro atoms. The maximum Gasteiger partial charge on any atom is 0.408 e. The number of amides is 1. The van der Waals surface area contributed by atoms with Crippen LogP contribution in [0.5, 0.6) is 0 Å². The minimum Gasteiger partial charge on any atom is -0.480 e. The fourth-order valence-corrected chi connectivity index (χ4v) is 2.10. The Morgan fingerprint density at radius 3 is 2.30 bits per heavy atom. The Kier molecular flexibility index (Phi) is 8.44. The Bertz CT molecular complexity index is 664. The summed E-state index contributed by atoms with van der Waals surface area (Å²) in [6.45, 7) is 5.04. The highest BCUT2D eigenvalue weighted by Crippen LogP contribution is 2.10. The Morgan fingerprint density at radius 2 is 1.74 bits per heavy atom. The molecule has 0 aromatic heterocycles. The molecule has 1 aromatic carbocycles. The summed E-state index contributed by atoms with van der Waals surface area (Å²) in [6, 6.07) is 7.61. The largest absolute Gasteiger partial charge is 0.480 e. The molecule has 1 amide bonds. The van der Waals surface area contributed by atoms with Gasteiger partial charge in [0.05, 0.1) is 0 Å². The quantitative estimate of drug-likeness (QED) is 0.499. The van der Waals surface area contributed by atoms with E-state index in [1.165, 1.54) is 0 Å². The highest BCUT2D eigenvalue weighted by atomic mass is 16.6. The number of ether oxygens (including phenoxy) is 2. The SMILES string of the molecule is CC(C)(C)OC(=O)CC(=O)CC[C@H](NC(=O)OCc1ccccc1)C(=O)O. The van der Waals surface area contributed by atoms with Crippen molar-refractivity contribution in [2.24, 2.45) is 0 Å². The summed E-state index contributed by atoms with van der Waals surface area (Å²) in [5, 5.41) is 11.4. The number of nitrogens with one attached hydrogen (secondary N) is 1. The molecule has 1 rings (SSSR count). The zero-order valence-corrected chi connectivity index (χ0v) is 15.7. The van der Waals surface area contributed by atoms with Crippen molar-refractivity contribution < 1.29 is 33.8 Å². The maximum absolute atomic E-state index is 11.8. The maximum atomic E-state index is 11.8. The second kappa shape index (κ2) is 10.3. The smallest absolute Gasteiger partial charge is 0.408 e. The molecule has 27 heavy (non-hydrogen) atoms. The van der Waals surface area contributed by atoms with Crippen molar-refractivity contribution in [2.45, 2.75) is 58.3 Å². The number of benzene rings is 1. The van der Waals surface area contributed by atoms with Crippen molar-refractivity contribution in [3.63, 3.8) is 0 Å². The summed E-state index contributed by atoms with van der Waals surface area (Å²) >= 11 is 0. The van der Waals surface area contributed by atoms with E-state index in [9.17, 15) is 24.3 Å². The predicted molar refractivity (Wildman–Crippen MR) is 95.9 cm³/mol. The van der Waals surface area contributed by atoms with Gasteiger partial charge in [-0.1, -0.05) is 30.3 Å². The molecule has 0 aliphatic heterocycles. The van der Waals surface area contributed by atoms with Crippen LogP contribution in [0.1, 0.15) is 45.6 Å². The molecule has 0 bridgehead atoms. The number of carboxylic acid groups (broad SMARTS) is 1. The zero-order valence-electron chi connectivity index (χ0n) is 15.7. The summed E-state index contributed by atoms with van der Waals surface area (Å²) in [7, 11) is 0. The molecular formula is C19H25NO7. The van der Waals surface area contributed by atoms with Crippen molar-refractivity contribution in [1.29, 1.82) is 0 Å². The Labute approximate surface area is 157 Å². The lowest BCUT2D eigenvalue weighted by Gasteiger charge is -2.19. The van der Waals surface area contributed by atoms with Gasteiger partial charge in [0.15, 0.2) is 0 Å². The molecule has 2 N–H and O–H groups in total. The minimum atomic E-state index is -1.30. The number of carboxylic acids is 1. The summed E-state index contributed by atoms with van der Waals surface area (Å²) in [6.07, 6.45) is -1.68. The monoisotopic (exact) mass is 379 g/mol. The molecule has 0 unspecified atom stereocenters. The number of aliphatic carboxylic acids is 1. The molecule has 0 heterocycles. The first-order valence-corrected chi connectivity index (χ1v) is 8.50. The highest BCUT2D eigenvalue weighted by Gasteiger charge is 2.24. The van der Waals surface area contributed by atoms with Crippen molar-refractivity contribution >= 4 is 23.8 Å². The average Bonchev–Trinajstić information content (AvgIpc) is 2.55. The zero-order chi connectivity index (χ0) is 20.4. The molecule has 0 aliphatic rings. The Morgan fingerprint density at radius 1 is 1.11 bits per heavy atom. The lowest BCUT2D eigenvalue weighted by Crippen LogP contribution is -2.41. The number of rotatable bonds is 9. The predicted octanol–water partition coefficient (Wildman–Crippen LogP) is 2.45. The summed E-state index contributed by atoms with van der Waals surface area (Å²) in [5.41, 5.74) is 0.0532. The number of hydrogen-bond acceptors (Lipinski definition) is 6. The number of Topliss-reactive ketones (excluding diaryl/α,β-unsaturated/α-hetero) is 1. The topological polar surface area (TPSA) is 119 Å². The van der Waals surface area contributed by atoms with Gasteiger partial charge in [-0.3, -0.25) is 9.59 Å². The van der Waals surface area contributed by atoms with Crippen LogP contribution < -0.4 is 5.32 Å². The number of alkyl carbamates (subject to hydrolysis) is 1. The van der Waals surface area contributed by atoms with E-state index in [4.69, 9.17) is 9.47 Å². The van der Waals surface area contributed by atoms with Gasteiger partial charge in [-0.15, -0.1) is 0 Å². The van der Waals surface area contributed by atoms with Crippen LogP contribution in [0.15, 0.2) is 30.3 Å². The van der Waals surface area contributed by atoms with Crippen molar-refractivity contribution in [3.05, 3.63) is 35.9 Å². The second-order valence-electron chi connectivity index (χ2n) is 6.94. The van der Waals surface area contributed by atoms with Crippen molar-refractivity contribution in [2.75, 3.05) is 0 Å². The van der Waals surface area contributed by atoms with Crippen molar-refractivity contribution in [3.8, 4) is 0 Å². The number of carbonyl (C=O) groups is 4. The third-order valence-corrected chi connectivity index (χ3v) is 3.28. The van der Waals surface area contributed by atoms with E-state index in [2.05, 4.69) is 5.32 Å². The molecule has 8 heteroatoms. The summed E-state index contributed by atoms with van der Waals surface area (Å²) in [4.78, 5) is 46.4. The average molecular weight is 379 g/mol. The molecule has 1 atom stereocenters. The first-order chi connectivity index (χ1) is 12.6. The van der Waals surface area contributed by atoms with Gasteiger partial charge in [-0.2, -0.15) is 0 Å². The number of hydrogen-bond donors (Lipinski definition) is 2. The van der Waals surface area contributed by atoms with Gasteiger partial charge >= 0.3 is 18.0 Å². The Balaban J connectivity index is 2.42. The summed E-state index contributed by atoms with van der Waals surface area (Å²) in [5.74, 6) is -2.43. The normalized spacial score (nSPS) is 12.0. The molecule has 0 aliphatic carbocycles. The van der Waals surface area contributed by atoms with E-state index in [0.29, 0.717) is 0 Å². The molecule has 0 fully saturated rings. The lowest BCUT2D eigenvalue weighted by atomic mass is 10.1. The minimum absolute atomic E-state index is 0.00339. The van der Waals surface area contributed by atoms with Gasteiger partial charge < -0.3 is 19.9 Å². The first-order valence-electron chi connectivity index (χ1n) is 8.50. The molecule has 0 saturated carbocycles. The van der Waals surface area contributed by atoms with Crippen LogP contribution in [-0.2, 0) is 30.5 Å². The van der Waals surface area contributed by atoms with Crippen LogP contribution in [0.3, 0.4) is 0 Å². The van der Waals surface area contributed by atoms with E-state index in [1.807, 2.05) is 6.07 Å². The molecule has 1 aromatic rings. The van der Waals surface area contributed by atoms with Crippen LogP contribution in [0.2, 0.25) is 0 Å². The van der Waals surface area contributed by atoms with E-state index in [0.717, 1.165) is 5.56 Å². The van der Waals surface area contributed by atoms with Gasteiger partial charge in [-0.05, 0) is 32.8 Å². The first kappa shape index (κ1) is 22.1. The highest BCUT2D eigenvalue weighted by molar-refractivity contribution is 5.96. The fourth-order valence-electron chi connectivity index (χ4n) is 2.10. The van der Waals surface area contributed by atoms with Crippen LogP contribution in [0.4, 0.5) is 4.79 Å². The molecular weight excluding hydrogens is 354 g/mol. The van der Waals surface area contributed by atoms with E-state index >= 15 is 0 Å². The molecule has 8 nitrogen and oxygen atoms in total. The lowest BCUT2D eigenvalue weighted by molar-refractivity contribution is -0.156. The van der Waals surface area contributed by atoms with Gasteiger partial charge in [0.2, 0.25) is 0 Å². The van der Waals surface area contributed by atoms with Gasteiger partial charge in [0.25, 0.3) is 0 Å². The standard InChI is InChI=1S/C19H25NO7/c1-19(2,3)27-16(22)11-14(21)9-10-15(17(23)24)20-18(25)26-12-13-7-5-4-6-8-13/h4-8,15H,9-12H2,1-3H3,(H,20,25)(H,23,24)/t15-/m0/s1. The van der Waals surface area contributed by atoms with Crippen LogP contribution in [0, 0.1) is 0 Å². The van der Waals surface area contributed by atoms with E-state index in [-0.39, 0.29) is 19.4 Å². The van der Waals surface area contributed by atoms with Gasteiger partial charge in [0, 0.05) is 6.42 Å².